The molecule has 1 unspecified atom stereocenters. The standard InChI is InChI=1S/C11H17N3O2/c12-6-10-11(2-1-3-13-10)14-4-5-16-9(7-14)8-15/h1-3,9,15H,4-8,12H2. The van der Waals surface area contributed by atoms with Gasteiger partial charge in [0.15, 0.2) is 0 Å². The van der Waals surface area contributed by atoms with Crippen LogP contribution in [0.5, 0.6) is 0 Å². The van der Waals surface area contributed by atoms with Gasteiger partial charge >= 0.3 is 0 Å². The Morgan fingerprint density at radius 1 is 1.62 bits per heavy atom. The summed E-state index contributed by atoms with van der Waals surface area (Å²) in [5.74, 6) is 0. The van der Waals surface area contributed by atoms with Gasteiger partial charge in [-0.2, -0.15) is 0 Å². The highest BCUT2D eigenvalue weighted by atomic mass is 16.5. The van der Waals surface area contributed by atoms with Crippen molar-refractivity contribution in [2.75, 3.05) is 31.2 Å². The number of hydrogen-bond acceptors (Lipinski definition) is 5. The van der Waals surface area contributed by atoms with Crippen LogP contribution in [0.15, 0.2) is 18.3 Å². The third-order valence-corrected chi connectivity index (χ3v) is 2.74. The molecule has 1 aliphatic rings. The second-order valence-corrected chi connectivity index (χ2v) is 3.79. The predicted molar refractivity (Wildman–Crippen MR) is 61.2 cm³/mol. The Bertz CT molecular complexity index is 346. The van der Waals surface area contributed by atoms with Gasteiger partial charge in [-0.1, -0.05) is 0 Å². The minimum absolute atomic E-state index is 0.0503. The van der Waals surface area contributed by atoms with E-state index in [0.717, 1.165) is 17.9 Å². The van der Waals surface area contributed by atoms with E-state index in [2.05, 4.69) is 9.88 Å². The molecule has 1 atom stereocenters. The van der Waals surface area contributed by atoms with Crippen LogP contribution in [-0.2, 0) is 11.3 Å². The Kier molecular flexibility index (Phi) is 3.71. The maximum absolute atomic E-state index is 9.09. The normalized spacial score (nSPS) is 21.1. The fourth-order valence-corrected chi connectivity index (χ4v) is 1.92. The van der Waals surface area contributed by atoms with Gasteiger partial charge in [0.2, 0.25) is 0 Å². The summed E-state index contributed by atoms with van der Waals surface area (Å²) in [7, 11) is 0. The molecule has 0 saturated carbocycles. The van der Waals surface area contributed by atoms with E-state index in [-0.39, 0.29) is 12.7 Å². The zero-order valence-corrected chi connectivity index (χ0v) is 9.17. The van der Waals surface area contributed by atoms with Crippen LogP contribution in [0.25, 0.3) is 0 Å². The van der Waals surface area contributed by atoms with Gasteiger partial charge in [-0.25, -0.2) is 0 Å². The second-order valence-electron chi connectivity index (χ2n) is 3.79. The molecule has 0 spiro atoms. The maximum atomic E-state index is 9.09. The highest BCUT2D eigenvalue weighted by Crippen LogP contribution is 2.20. The van der Waals surface area contributed by atoms with Crippen LogP contribution >= 0.6 is 0 Å². The van der Waals surface area contributed by atoms with Gasteiger partial charge in [-0.3, -0.25) is 4.98 Å². The molecule has 1 aliphatic heterocycles. The summed E-state index contributed by atoms with van der Waals surface area (Å²) in [5.41, 5.74) is 7.59. The highest BCUT2D eigenvalue weighted by molar-refractivity contribution is 5.50. The average Bonchev–Trinajstić information content (AvgIpc) is 2.38. The molecule has 5 nitrogen and oxygen atoms in total. The van der Waals surface area contributed by atoms with E-state index >= 15 is 0 Å². The van der Waals surface area contributed by atoms with Crippen molar-refractivity contribution < 1.29 is 9.84 Å². The highest BCUT2D eigenvalue weighted by Gasteiger charge is 2.21. The molecule has 0 bridgehead atoms. The molecule has 0 radical (unpaired) electrons. The SMILES string of the molecule is NCc1ncccc1N1CCOC(CO)C1. The van der Waals surface area contributed by atoms with E-state index < -0.39 is 0 Å². The summed E-state index contributed by atoms with van der Waals surface area (Å²) in [6, 6.07) is 3.91. The molecular weight excluding hydrogens is 206 g/mol. The number of nitrogens with two attached hydrogens (primary N) is 1. The van der Waals surface area contributed by atoms with Gasteiger partial charge in [0, 0.05) is 25.8 Å². The van der Waals surface area contributed by atoms with Gasteiger partial charge in [0.25, 0.3) is 0 Å². The minimum Gasteiger partial charge on any atom is -0.394 e. The molecule has 5 heteroatoms. The molecule has 16 heavy (non-hydrogen) atoms. The first-order valence-corrected chi connectivity index (χ1v) is 5.46. The molecule has 2 rings (SSSR count). The molecule has 88 valence electrons. The first-order valence-electron chi connectivity index (χ1n) is 5.46. The largest absolute Gasteiger partial charge is 0.394 e. The van der Waals surface area contributed by atoms with Crippen molar-refractivity contribution in [1.82, 2.24) is 4.98 Å². The summed E-state index contributed by atoms with van der Waals surface area (Å²) in [6.07, 6.45) is 1.63. The number of hydrogen-bond donors (Lipinski definition) is 2. The zero-order chi connectivity index (χ0) is 11.4. The Morgan fingerprint density at radius 2 is 2.50 bits per heavy atom. The van der Waals surface area contributed by atoms with Crippen molar-refractivity contribution in [3.8, 4) is 0 Å². The second kappa shape index (κ2) is 5.25. The number of aliphatic hydroxyl groups is 1. The van der Waals surface area contributed by atoms with Crippen LogP contribution in [0.4, 0.5) is 5.69 Å². The van der Waals surface area contributed by atoms with Crippen LogP contribution in [0, 0.1) is 0 Å². The molecule has 0 aromatic carbocycles. The van der Waals surface area contributed by atoms with Gasteiger partial charge in [-0.15, -0.1) is 0 Å². The smallest absolute Gasteiger partial charge is 0.0980 e. The monoisotopic (exact) mass is 223 g/mol. The van der Waals surface area contributed by atoms with Gasteiger partial charge in [0.05, 0.1) is 30.7 Å². The molecule has 1 aromatic rings. The number of pyridine rings is 1. The fourth-order valence-electron chi connectivity index (χ4n) is 1.92. The predicted octanol–water partition coefficient (Wildman–Crippen LogP) is -0.262. The Balaban J connectivity index is 2.16. The lowest BCUT2D eigenvalue weighted by atomic mass is 10.2. The summed E-state index contributed by atoms with van der Waals surface area (Å²) >= 11 is 0. The molecule has 3 N–H and O–H groups in total. The van der Waals surface area contributed by atoms with E-state index in [4.69, 9.17) is 15.6 Å². The molecule has 1 fully saturated rings. The minimum atomic E-state index is -0.111. The van der Waals surface area contributed by atoms with Gasteiger partial charge < -0.3 is 20.5 Å². The van der Waals surface area contributed by atoms with Crippen LogP contribution < -0.4 is 10.6 Å². The number of aliphatic hydroxyl groups excluding tert-OH is 1. The number of aromatic nitrogens is 1. The van der Waals surface area contributed by atoms with E-state index in [0.29, 0.717) is 19.7 Å². The molecule has 0 aliphatic carbocycles. The molecule has 1 saturated heterocycles. The lowest BCUT2D eigenvalue weighted by molar-refractivity contribution is 0.00351. The number of nitrogens with zero attached hydrogens (tertiary/aromatic N) is 2. The molecule has 1 aromatic heterocycles. The number of rotatable bonds is 3. The quantitative estimate of drug-likeness (QED) is 0.738. The number of ether oxygens (including phenoxy) is 1. The zero-order valence-electron chi connectivity index (χ0n) is 9.17. The number of morpholine rings is 1. The molecular formula is C11H17N3O2. The summed E-state index contributed by atoms with van der Waals surface area (Å²) in [6.45, 7) is 2.61. The number of anilines is 1. The van der Waals surface area contributed by atoms with E-state index in [1.165, 1.54) is 0 Å². The van der Waals surface area contributed by atoms with E-state index in [9.17, 15) is 0 Å². The van der Waals surface area contributed by atoms with Crippen LogP contribution in [0.3, 0.4) is 0 Å². The average molecular weight is 223 g/mol. The molecule has 2 heterocycles. The van der Waals surface area contributed by atoms with Gasteiger partial charge in [-0.05, 0) is 12.1 Å². The van der Waals surface area contributed by atoms with Crippen molar-refractivity contribution in [2.45, 2.75) is 12.6 Å². The van der Waals surface area contributed by atoms with Crippen molar-refractivity contribution in [2.24, 2.45) is 5.73 Å². The van der Waals surface area contributed by atoms with Crippen molar-refractivity contribution in [3.63, 3.8) is 0 Å². The van der Waals surface area contributed by atoms with E-state index in [1.807, 2.05) is 12.1 Å². The van der Waals surface area contributed by atoms with Crippen molar-refractivity contribution >= 4 is 5.69 Å². The lowest BCUT2D eigenvalue weighted by Crippen LogP contribution is -2.44. The summed E-state index contributed by atoms with van der Waals surface area (Å²) in [4.78, 5) is 6.42. The first-order chi connectivity index (χ1) is 7.85. The fraction of sp³-hybridized carbons (Fsp3) is 0.545. The Labute approximate surface area is 94.8 Å². The van der Waals surface area contributed by atoms with Crippen molar-refractivity contribution in [1.29, 1.82) is 0 Å². The topological polar surface area (TPSA) is 71.6 Å². The summed E-state index contributed by atoms with van der Waals surface area (Å²) in [5, 5.41) is 9.09. The Hall–Kier alpha value is -1.17. The van der Waals surface area contributed by atoms with E-state index in [1.54, 1.807) is 6.20 Å². The lowest BCUT2D eigenvalue weighted by Gasteiger charge is -2.34. The Morgan fingerprint density at radius 3 is 3.25 bits per heavy atom. The third-order valence-electron chi connectivity index (χ3n) is 2.74. The van der Waals surface area contributed by atoms with Gasteiger partial charge in [0.1, 0.15) is 0 Å². The third kappa shape index (κ3) is 2.32. The van der Waals surface area contributed by atoms with Crippen LogP contribution in [0.2, 0.25) is 0 Å². The first kappa shape index (κ1) is 11.3. The van der Waals surface area contributed by atoms with Crippen LogP contribution in [0.1, 0.15) is 5.69 Å². The summed E-state index contributed by atoms with van der Waals surface area (Å²) < 4.78 is 5.41. The van der Waals surface area contributed by atoms with Crippen molar-refractivity contribution in [3.05, 3.63) is 24.0 Å². The maximum Gasteiger partial charge on any atom is 0.0980 e. The molecule has 0 amide bonds. The van der Waals surface area contributed by atoms with Crippen LogP contribution in [-0.4, -0.2) is 42.5 Å².